The monoisotopic (exact) mass is 341 g/mol. The summed E-state index contributed by atoms with van der Waals surface area (Å²) in [4.78, 5) is 0.0712. The summed E-state index contributed by atoms with van der Waals surface area (Å²) in [5.74, 6) is 0.746. The molecule has 0 fully saturated rings. The Morgan fingerprint density at radius 1 is 1.00 bits per heavy atom. The molecule has 118 valence electrons. The Hall–Kier alpha value is -1.92. The van der Waals surface area contributed by atoms with Crippen molar-refractivity contribution in [2.75, 3.05) is 18.9 Å². The van der Waals surface area contributed by atoms with E-state index in [1.807, 2.05) is 6.92 Å². The van der Waals surface area contributed by atoms with Gasteiger partial charge in [-0.05, 0) is 42.8 Å². The average molecular weight is 342 g/mol. The molecule has 5 nitrogen and oxygen atoms in total. The van der Waals surface area contributed by atoms with Crippen molar-refractivity contribution in [3.8, 4) is 11.5 Å². The summed E-state index contributed by atoms with van der Waals surface area (Å²) in [7, 11) is -0.876. The van der Waals surface area contributed by atoms with Crippen molar-refractivity contribution in [1.29, 1.82) is 0 Å². The van der Waals surface area contributed by atoms with Crippen molar-refractivity contribution in [3.05, 3.63) is 47.0 Å². The SMILES string of the molecule is COc1ccc(NS(=O)(=O)c2cc(C)ccc2OC)cc1Cl. The number of sulfonamides is 1. The van der Waals surface area contributed by atoms with Gasteiger partial charge in [0.1, 0.15) is 16.4 Å². The molecule has 0 atom stereocenters. The van der Waals surface area contributed by atoms with Gasteiger partial charge in [-0.1, -0.05) is 17.7 Å². The van der Waals surface area contributed by atoms with Crippen LogP contribution in [-0.2, 0) is 10.0 Å². The van der Waals surface area contributed by atoms with Crippen molar-refractivity contribution >= 4 is 27.3 Å². The molecule has 0 saturated heterocycles. The highest BCUT2D eigenvalue weighted by molar-refractivity contribution is 7.92. The fraction of sp³-hybridized carbons (Fsp3) is 0.200. The second-order valence-electron chi connectivity index (χ2n) is 4.61. The van der Waals surface area contributed by atoms with E-state index in [2.05, 4.69) is 4.72 Å². The number of aryl methyl sites for hydroxylation is 1. The van der Waals surface area contributed by atoms with Gasteiger partial charge in [0.25, 0.3) is 10.0 Å². The first kappa shape index (κ1) is 16.5. The number of benzene rings is 2. The molecule has 0 radical (unpaired) electrons. The van der Waals surface area contributed by atoms with E-state index in [0.717, 1.165) is 5.56 Å². The van der Waals surface area contributed by atoms with Gasteiger partial charge in [-0.2, -0.15) is 0 Å². The molecule has 1 N–H and O–H groups in total. The van der Waals surface area contributed by atoms with Gasteiger partial charge < -0.3 is 9.47 Å². The van der Waals surface area contributed by atoms with Crippen LogP contribution in [0.4, 0.5) is 5.69 Å². The third-order valence-corrected chi connectivity index (χ3v) is 4.71. The molecular weight excluding hydrogens is 326 g/mol. The van der Waals surface area contributed by atoms with E-state index in [9.17, 15) is 8.42 Å². The zero-order valence-corrected chi connectivity index (χ0v) is 14.0. The van der Waals surface area contributed by atoms with Crippen molar-refractivity contribution < 1.29 is 17.9 Å². The zero-order valence-electron chi connectivity index (χ0n) is 12.4. The zero-order chi connectivity index (χ0) is 16.3. The van der Waals surface area contributed by atoms with Crippen LogP contribution in [0.15, 0.2) is 41.3 Å². The largest absolute Gasteiger partial charge is 0.495 e. The van der Waals surface area contributed by atoms with Crippen LogP contribution >= 0.6 is 11.6 Å². The minimum atomic E-state index is -3.79. The maximum absolute atomic E-state index is 12.5. The Balaban J connectivity index is 2.40. The third-order valence-electron chi connectivity index (χ3n) is 3.01. The van der Waals surface area contributed by atoms with E-state index in [1.54, 1.807) is 30.3 Å². The van der Waals surface area contributed by atoms with Crippen molar-refractivity contribution in [2.45, 2.75) is 11.8 Å². The minimum Gasteiger partial charge on any atom is -0.495 e. The lowest BCUT2D eigenvalue weighted by atomic mass is 10.2. The summed E-state index contributed by atoms with van der Waals surface area (Å²) in [5.41, 5.74) is 1.16. The summed E-state index contributed by atoms with van der Waals surface area (Å²) in [6.45, 7) is 1.81. The van der Waals surface area contributed by atoms with Crippen LogP contribution in [0.25, 0.3) is 0 Å². The van der Waals surface area contributed by atoms with Crippen LogP contribution in [0.3, 0.4) is 0 Å². The molecule has 0 amide bonds. The smallest absolute Gasteiger partial charge is 0.265 e. The lowest BCUT2D eigenvalue weighted by Crippen LogP contribution is -2.14. The summed E-state index contributed by atoms with van der Waals surface area (Å²) >= 11 is 6.00. The maximum Gasteiger partial charge on any atom is 0.265 e. The van der Waals surface area contributed by atoms with Gasteiger partial charge >= 0.3 is 0 Å². The molecule has 0 aliphatic heterocycles. The van der Waals surface area contributed by atoms with E-state index in [-0.39, 0.29) is 10.6 Å². The predicted octanol–water partition coefficient (Wildman–Crippen LogP) is 3.47. The van der Waals surface area contributed by atoms with Gasteiger partial charge in [0.05, 0.1) is 24.9 Å². The maximum atomic E-state index is 12.5. The highest BCUT2D eigenvalue weighted by atomic mass is 35.5. The Kier molecular flexibility index (Phi) is 4.83. The topological polar surface area (TPSA) is 64.6 Å². The van der Waals surface area contributed by atoms with Crippen molar-refractivity contribution in [2.24, 2.45) is 0 Å². The predicted molar refractivity (Wildman–Crippen MR) is 86.5 cm³/mol. The molecular formula is C15H16ClNO4S. The Labute approximate surface area is 134 Å². The molecule has 2 aromatic rings. The van der Waals surface area contributed by atoms with Crippen LogP contribution in [0.1, 0.15) is 5.56 Å². The third kappa shape index (κ3) is 3.45. The molecule has 22 heavy (non-hydrogen) atoms. The first-order valence-electron chi connectivity index (χ1n) is 6.38. The summed E-state index contributed by atoms with van der Waals surface area (Å²) in [6.07, 6.45) is 0. The number of ether oxygens (including phenoxy) is 2. The number of hydrogen-bond acceptors (Lipinski definition) is 4. The number of methoxy groups -OCH3 is 2. The molecule has 2 rings (SSSR count). The van der Waals surface area contributed by atoms with Crippen molar-refractivity contribution in [1.82, 2.24) is 0 Å². The molecule has 0 unspecified atom stereocenters. The van der Waals surface area contributed by atoms with E-state index in [0.29, 0.717) is 16.5 Å². The van der Waals surface area contributed by atoms with Gasteiger partial charge in [0.2, 0.25) is 0 Å². The standard InChI is InChI=1S/C15H16ClNO4S/c1-10-4-6-14(21-3)15(8-10)22(18,19)17-11-5-7-13(20-2)12(16)9-11/h4-9,17H,1-3H3. The average Bonchev–Trinajstić information content (AvgIpc) is 2.47. The van der Waals surface area contributed by atoms with E-state index in [1.165, 1.54) is 20.3 Å². The van der Waals surface area contributed by atoms with Gasteiger partial charge in [0, 0.05) is 0 Å². The van der Waals surface area contributed by atoms with Crippen molar-refractivity contribution in [3.63, 3.8) is 0 Å². The van der Waals surface area contributed by atoms with Gasteiger partial charge in [-0.15, -0.1) is 0 Å². The quantitative estimate of drug-likeness (QED) is 0.904. The molecule has 0 spiro atoms. The second kappa shape index (κ2) is 6.46. The highest BCUT2D eigenvalue weighted by Crippen LogP contribution is 2.30. The van der Waals surface area contributed by atoms with Crippen LogP contribution in [0.2, 0.25) is 5.02 Å². The molecule has 0 aliphatic carbocycles. The lowest BCUT2D eigenvalue weighted by molar-refractivity contribution is 0.402. The summed E-state index contributed by atoms with van der Waals surface area (Å²) < 4.78 is 37.7. The van der Waals surface area contributed by atoms with E-state index in [4.69, 9.17) is 21.1 Å². The van der Waals surface area contributed by atoms with Crippen LogP contribution in [-0.4, -0.2) is 22.6 Å². The molecule has 7 heteroatoms. The Bertz CT molecular complexity index is 790. The van der Waals surface area contributed by atoms with Crippen LogP contribution in [0.5, 0.6) is 11.5 Å². The number of rotatable bonds is 5. The Morgan fingerprint density at radius 2 is 1.64 bits per heavy atom. The molecule has 0 aromatic heterocycles. The molecule has 0 bridgehead atoms. The van der Waals surface area contributed by atoms with Gasteiger partial charge in [-0.3, -0.25) is 4.72 Å². The molecule has 0 saturated carbocycles. The highest BCUT2D eigenvalue weighted by Gasteiger charge is 2.20. The number of halogens is 1. The van der Waals surface area contributed by atoms with Gasteiger partial charge in [-0.25, -0.2) is 8.42 Å². The number of hydrogen-bond donors (Lipinski definition) is 1. The minimum absolute atomic E-state index is 0.0712. The lowest BCUT2D eigenvalue weighted by Gasteiger charge is -2.13. The first-order valence-corrected chi connectivity index (χ1v) is 8.24. The molecule has 2 aromatic carbocycles. The fourth-order valence-corrected chi connectivity index (χ4v) is 3.50. The molecule has 0 heterocycles. The first-order chi connectivity index (χ1) is 10.4. The number of nitrogens with one attached hydrogen (secondary N) is 1. The van der Waals surface area contributed by atoms with Gasteiger partial charge in [0.15, 0.2) is 0 Å². The van der Waals surface area contributed by atoms with Crippen LogP contribution < -0.4 is 14.2 Å². The summed E-state index contributed by atoms with van der Waals surface area (Å²) in [5, 5.41) is 0.318. The normalized spacial score (nSPS) is 11.1. The summed E-state index contributed by atoms with van der Waals surface area (Å²) in [6, 6.07) is 9.59. The van der Waals surface area contributed by atoms with E-state index < -0.39 is 10.0 Å². The Morgan fingerprint density at radius 3 is 2.23 bits per heavy atom. The van der Waals surface area contributed by atoms with Crippen LogP contribution in [0, 0.1) is 6.92 Å². The van der Waals surface area contributed by atoms with E-state index >= 15 is 0 Å². The molecule has 0 aliphatic rings. The fourth-order valence-electron chi connectivity index (χ4n) is 1.93. The second-order valence-corrected chi connectivity index (χ2v) is 6.67. The number of anilines is 1.